The lowest BCUT2D eigenvalue weighted by molar-refractivity contribution is 0.0621. The van der Waals surface area contributed by atoms with Crippen LogP contribution in [0.2, 0.25) is 0 Å². The van der Waals surface area contributed by atoms with Crippen LogP contribution in [0.4, 0.5) is 0 Å². The Hall–Kier alpha value is -1.62. The molecule has 2 heterocycles. The Balaban J connectivity index is 2.30. The summed E-state index contributed by atoms with van der Waals surface area (Å²) in [5, 5.41) is 0. The number of carbonyl (C=O) groups excluding carboxylic acids is 1. The number of nitrogens with zero attached hydrogens (tertiary/aromatic N) is 2. The first kappa shape index (κ1) is 12.8. The number of aryl methyl sites for hydroxylation is 1. The molecule has 1 aliphatic heterocycles. The summed E-state index contributed by atoms with van der Waals surface area (Å²) in [6.07, 6.45) is 4.65. The summed E-state index contributed by atoms with van der Waals surface area (Å²) in [5.41, 5.74) is 5.69. The Morgan fingerprint density at radius 3 is 3.00 bits per heavy atom. The minimum Gasteiger partial charge on any atom is -0.334 e. The highest BCUT2D eigenvalue weighted by molar-refractivity contribution is 5.94. The van der Waals surface area contributed by atoms with Crippen LogP contribution in [0.5, 0.6) is 0 Å². The molecule has 18 heavy (non-hydrogen) atoms. The summed E-state index contributed by atoms with van der Waals surface area (Å²) in [4.78, 5) is 26.1. The molecule has 1 amide bonds. The van der Waals surface area contributed by atoms with E-state index in [-0.39, 0.29) is 23.1 Å². The summed E-state index contributed by atoms with van der Waals surface area (Å²) in [5.74, 6) is -0.189. The van der Waals surface area contributed by atoms with E-state index in [1.54, 1.807) is 30.3 Å². The summed E-state index contributed by atoms with van der Waals surface area (Å²) in [7, 11) is 1.65. The molecule has 1 aromatic heterocycles. The first-order chi connectivity index (χ1) is 8.65. The van der Waals surface area contributed by atoms with Crippen LogP contribution in [0.15, 0.2) is 23.1 Å². The zero-order chi connectivity index (χ0) is 13.1. The molecular formula is C13H19N3O2. The van der Waals surface area contributed by atoms with Gasteiger partial charge in [-0.15, -0.1) is 0 Å². The Labute approximate surface area is 106 Å². The quantitative estimate of drug-likeness (QED) is 0.821. The average Bonchev–Trinajstić information content (AvgIpc) is 2.41. The molecule has 0 aromatic carbocycles. The fraction of sp³-hybridized carbons (Fsp3) is 0.538. The van der Waals surface area contributed by atoms with Gasteiger partial charge >= 0.3 is 0 Å². The molecule has 0 radical (unpaired) electrons. The second-order valence-electron chi connectivity index (χ2n) is 4.72. The molecule has 1 aliphatic rings. The van der Waals surface area contributed by atoms with Crippen molar-refractivity contribution in [1.82, 2.24) is 9.47 Å². The molecule has 0 aliphatic carbocycles. The van der Waals surface area contributed by atoms with Crippen LogP contribution in [0.3, 0.4) is 0 Å². The Bertz CT molecular complexity index is 495. The molecule has 2 N–H and O–H groups in total. The third-order valence-electron chi connectivity index (χ3n) is 3.51. The molecule has 5 nitrogen and oxygen atoms in total. The van der Waals surface area contributed by atoms with Crippen LogP contribution in [-0.2, 0) is 7.05 Å². The van der Waals surface area contributed by atoms with Crippen molar-refractivity contribution in [2.24, 2.45) is 12.8 Å². The van der Waals surface area contributed by atoms with Crippen LogP contribution < -0.4 is 11.3 Å². The molecular weight excluding hydrogens is 230 g/mol. The molecule has 1 atom stereocenters. The summed E-state index contributed by atoms with van der Waals surface area (Å²) >= 11 is 0. The minimum atomic E-state index is -0.246. The van der Waals surface area contributed by atoms with Gasteiger partial charge in [0.1, 0.15) is 5.56 Å². The molecule has 0 spiro atoms. The Kier molecular flexibility index (Phi) is 3.81. The van der Waals surface area contributed by atoms with E-state index >= 15 is 0 Å². The SMILES string of the molecule is Cn1cccc(C(=O)N2CCCCC2CN)c1=O. The number of amides is 1. The largest absolute Gasteiger partial charge is 0.334 e. The number of rotatable bonds is 2. The van der Waals surface area contributed by atoms with Crippen molar-refractivity contribution in [3.05, 3.63) is 34.2 Å². The van der Waals surface area contributed by atoms with Gasteiger partial charge in [-0.25, -0.2) is 0 Å². The lowest BCUT2D eigenvalue weighted by atomic mass is 10.0. The first-order valence-electron chi connectivity index (χ1n) is 6.32. The van der Waals surface area contributed by atoms with Gasteiger partial charge in [0.25, 0.3) is 11.5 Å². The second kappa shape index (κ2) is 5.35. The smallest absolute Gasteiger partial charge is 0.263 e. The topological polar surface area (TPSA) is 68.3 Å². The van der Waals surface area contributed by atoms with Gasteiger partial charge in [0, 0.05) is 32.4 Å². The molecule has 0 bridgehead atoms. The van der Waals surface area contributed by atoms with Crippen molar-refractivity contribution in [2.75, 3.05) is 13.1 Å². The first-order valence-corrected chi connectivity index (χ1v) is 6.32. The van der Waals surface area contributed by atoms with Crippen molar-refractivity contribution in [3.8, 4) is 0 Å². The predicted octanol–water partition coefficient (Wildman–Crippen LogP) is 0.339. The van der Waals surface area contributed by atoms with E-state index in [4.69, 9.17) is 5.73 Å². The predicted molar refractivity (Wildman–Crippen MR) is 69.4 cm³/mol. The van der Waals surface area contributed by atoms with Gasteiger partial charge in [-0.05, 0) is 31.4 Å². The second-order valence-corrected chi connectivity index (χ2v) is 4.72. The number of piperidine rings is 1. The fourth-order valence-corrected chi connectivity index (χ4v) is 2.43. The lowest BCUT2D eigenvalue weighted by Gasteiger charge is -2.34. The fourth-order valence-electron chi connectivity index (χ4n) is 2.43. The van der Waals surface area contributed by atoms with Crippen molar-refractivity contribution in [1.29, 1.82) is 0 Å². The zero-order valence-electron chi connectivity index (χ0n) is 10.6. The number of likely N-dealkylation sites (tertiary alicyclic amines) is 1. The average molecular weight is 249 g/mol. The van der Waals surface area contributed by atoms with Gasteiger partial charge in [0.15, 0.2) is 0 Å². The van der Waals surface area contributed by atoms with Crippen LogP contribution in [0.1, 0.15) is 29.6 Å². The molecule has 98 valence electrons. The number of nitrogens with two attached hydrogens (primary N) is 1. The van der Waals surface area contributed by atoms with E-state index in [0.29, 0.717) is 13.1 Å². The van der Waals surface area contributed by atoms with Gasteiger partial charge in [0.2, 0.25) is 0 Å². The molecule has 0 saturated carbocycles. The Morgan fingerprint density at radius 2 is 2.28 bits per heavy atom. The van der Waals surface area contributed by atoms with Crippen LogP contribution in [0, 0.1) is 0 Å². The van der Waals surface area contributed by atoms with E-state index in [1.165, 1.54) is 4.57 Å². The minimum absolute atomic E-state index is 0.0659. The maximum absolute atomic E-state index is 12.4. The van der Waals surface area contributed by atoms with E-state index < -0.39 is 0 Å². The maximum atomic E-state index is 12.4. The van der Waals surface area contributed by atoms with E-state index in [0.717, 1.165) is 19.3 Å². The highest BCUT2D eigenvalue weighted by Crippen LogP contribution is 2.17. The number of hydrogen-bond acceptors (Lipinski definition) is 3. The molecule has 1 fully saturated rings. The molecule has 1 aromatic rings. The van der Waals surface area contributed by atoms with Crippen LogP contribution in [0.25, 0.3) is 0 Å². The van der Waals surface area contributed by atoms with Crippen LogP contribution >= 0.6 is 0 Å². The van der Waals surface area contributed by atoms with Crippen molar-refractivity contribution in [2.45, 2.75) is 25.3 Å². The van der Waals surface area contributed by atoms with Crippen molar-refractivity contribution in [3.63, 3.8) is 0 Å². The Morgan fingerprint density at radius 1 is 1.50 bits per heavy atom. The summed E-state index contributed by atoms with van der Waals surface area (Å²) in [6.45, 7) is 1.15. The van der Waals surface area contributed by atoms with Gasteiger partial charge < -0.3 is 15.2 Å². The van der Waals surface area contributed by atoms with Crippen molar-refractivity contribution >= 4 is 5.91 Å². The van der Waals surface area contributed by atoms with E-state index in [2.05, 4.69) is 0 Å². The normalized spacial score (nSPS) is 19.9. The van der Waals surface area contributed by atoms with E-state index in [1.807, 2.05) is 0 Å². The number of aromatic nitrogens is 1. The molecule has 1 unspecified atom stereocenters. The molecule has 1 saturated heterocycles. The summed E-state index contributed by atoms with van der Waals surface area (Å²) in [6, 6.07) is 3.37. The highest BCUT2D eigenvalue weighted by Gasteiger charge is 2.27. The van der Waals surface area contributed by atoms with Crippen LogP contribution in [-0.4, -0.2) is 34.5 Å². The third-order valence-corrected chi connectivity index (χ3v) is 3.51. The van der Waals surface area contributed by atoms with Gasteiger partial charge in [0.05, 0.1) is 0 Å². The number of carbonyl (C=O) groups is 1. The maximum Gasteiger partial charge on any atom is 0.263 e. The monoisotopic (exact) mass is 249 g/mol. The number of hydrogen-bond donors (Lipinski definition) is 1. The number of pyridine rings is 1. The molecule has 2 rings (SSSR count). The zero-order valence-corrected chi connectivity index (χ0v) is 10.6. The van der Waals surface area contributed by atoms with Crippen molar-refractivity contribution < 1.29 is 4.79 Å². The van der Waals surface area contributed by atoms with Gasteiger partial charge in [-0.3, -0.25) is 9.59 Å². The highest BCUT2D eigenvalue weighted by atomic mass is 16.2. The third kappa shape index (κ3) is 2.31. The molecule has 5 heteroatoms. The van der Waals surface area contributed by atoms with Gasteiger partial charge in [-0.2, -0.15) is 0 Å². The standard InChI is InChI=1S/C13H19N3O2/c1-15-7-4-6-11(12(15)17)13(18)16-8-3-2-5-10(16)9-14/h4,6-7,10H,2-3,5,8-9,14H2,1H3. The van der Waals surface area contributed by atoms with Gasteiger partial charge in [-0.1, -0.05) is 0 Å². The summed E-state index contributed by atoms with van der Waals surface area (Å²) < 4.78 is 1.43. The lowest BCUT2D eigenvalue weighted by Crippen LogP contribution is -2.48. The van der Waals surface area contributed by atoms with E-state index in [9.17, 15) is 9.59 Å².